The van der Waals surface area contributed by atoms with Crippen molar-refractivity contribution in [1.29, 1.82) is 0 Å². The van der Waals surface area contributed by atoms with Crippen LogP contribution in [0.25, 0.3) is 11.2 Å². The van der Waals surface area contributed by atoms with Crippen LogP contribution in [0.4, 0.5) is 5.82 Å². The molecule has 0 bridgehead atoms. The lowest BCUT2D eigenvalue weighted by atomic mass is 10.2. The Bertz CT molecular complexity index is 1280. The highest BCUT2D eigenvalue weighted by Crippen LogP contribution is 2.57. The van der Waals surface area contributed by atoms with Gasteiger partial charge in [0.15, 0.2) is 16.4 Å². The summed E-state index contributed by atoms with van der Waals surface area (Å²) in [6, 6.07) is 8.90. The molecule has 1 aliphatic heterocycles. The van der Waals surface area contributed by atoms with Gasteiger partial charge >= 0.3 is 15.6 Å². The zero-order valence-electron chi connectivity index (χ0n) is 18.5. The first-order valence-electron chi connectivity index (χ1n) is 10.0. The minimum atomic E-state index is -4.52. The lowest BCUT2D eigenvalue weighted by Crippen LogP contribution is -2.41. The molecule has 1 aromatic carbocycles. The molecule has 0 amide bonds. The highest BCUT2D eigenvalue weighted by Gasteiger charge is 2.55. The monoisotopic (exact) mass is 547 g/mol. The van der Waals surface area contributed by atoms with E-state index in [-0.39, 0.29) is 12.2 Å². The first-order chi connectivity index (χ1) is 16.6. The van der Waals surface area contributed by atoms with E-state index in [9.17, 15) is 18.9 Å². The van der Waals surface area contributed by atoms with E-state index < -0.39 is 39.5 Å². The second-order valence-corrected chi connectivity index (χ2v) is 11.7. The number of nitrogens with zero attached hydrogens (tertiary/aromatic N) is 4. The van der Waals surface area contributed by atoms with Gasteiger partial charge in [0.05, 0.1) is 6.33 Å². The van der Waals surface area contributed by atoms with Gasteiger partial charge in [-0.25, -0.2) is 24.1 Å². The molecule has 0 radical (unpaired) electrons. The molecule has 0 aliphatic carbocycles. The van der Waals surface area contributed by atoms with E-state index in [4.69, 9.17) is 19.5 Å². The minimum Gasteiger partial charge on any atom is -0.382 e. The molecule has 4 rings (SSSR count). The molecule has 2 unspecified atom stereocenters. The number of hydrogen-bond acceptors (Lipinski definition) is 12. The highest BCUT2D eigenvalue weighted by molar-refractivity contribution is 8.00. The summed E-state index contributed by atoms with van der Waals surface area (Å²) >= 11 is 1.08. The summed E-state index contributed by atoms with van der Waals surface area (Å²) in [5.74, 6) is 0.161. The van der Waals surface area contributed by atoms with E-state index in [1.54, 1.807) is 34.9 Å². The fourth-order valence-electron chi connectivity index (χ4n) is 3.45. The number of benzene rings is 1. The predicted octanol–water partition coefficient (Wildman–Crippen LogP) is 2.71. The van der Waals surface area contributed by atoms with Gasteiger partial charge in [-0.1, -0.05) is 30.0 Å². The van der Waals surface area contributed by atoms with E-state index in [0.717, 1.165) is 26.0 Å². The molecular weight excluding hydrogens is 524 g/mol. The fourth-order valence-corrected chi connectivity index (χ4v) is 5.98. The van der Waals surface area contributed by atoms with Crippen LogP contribution in [0, 0.1) is 0 Å². The molecule has 5 atom stereocenters. The number of ether oxygens (including phenoxy) is 1. The molecule has 35 heavy (non-hydrogen) atoms. The Balaban J connectivity index is 1.77. The van der Waals surface area contributed by atoms with E-state index in [1.165, 1.54) is 12.7 Å². The van der Waals surface area contributed by atoms with E-state index in [1.807, 2.05) is 0 Å². The molecule has 3 aromatic rings. The number of fused-ring (bicyclic) bond motifs is 1. The van der Waals surface area contributed by atoms with Gasteiger partial charge in [0.25, 0.3) is 0 Å². The molecule has 0 spiro atoms. The topological polar surface area (TPSA) is 190 Å². The van der Waals surface area contributed by atoms with Crippen LogP contribution < -0.4 is 5.73 Å². The maximum absolute atomic E-state index is 12.4. The number of phosphoric acid groups is 2. The van der Waals surface area contributed by atoms with Crippen LogP contribution in [-0.2, 0) is 32.0 Å². The molecule has 1 aliphatic rings. The smallest absolute Gasteiger partial charge is 0.382 e. The first kappa shape index (κ1) is 26.2. The molecule has 4 N–H and O–H groups in total. The number of aromatic nitrogens is 4. The second-order valence-electron chi connectivity index (χ2n) is 7.29. The largest absolute Gasteiger partial charge is 0.472 e. The maximum atomic E-state index is 12.4. The summed E-state index contributed by atoms with van der Waals surface area (Å²) in [5, 5.41) is 0. The van der Waals surface area contributed by atoms with E-state index in [2.05, 4.69) is 24.0 Å². The average molecular weight is 547 g/mol. The maximum Gasteiger partial charge on any atom is 0.472 e. The van der Waals surface area contributed by atoms with Gasteiger partial charge < -0.3 is 20.3 Å². The Kier molecular flexibility index (Phi) is 7.65. The summed E-state index contributed by atoms with van der Waals surface area (Å²) in [7, 11) is -6.94. The number of anilines is 1. The van der Waals surface area contributed by atoms with E-state index in [0.29, 0.717) is 16.1 Å². The van der Waals surface area contributed by atoms with Crippen molar-refractivity contribution >= 4 is 44.4 Å². The van der Waals surface area contributed by atoms with Crippen molar-refractivity contribution in [2.24, 2.45) is 0 Å². The van der Waals surface area contributed by atoms with Crippen molar-refractivity contribution in [1.82, 2.24) is 19.5 Å². The van der Waals surface area contributed by atoms with Crippen LogP contribution in [-0.4, -0.2) is 61.2 Å². The summed E-state index contributed by atoms with van der Waals surface area (Å²) in [5.41, 5.74) is 6.58. The van der Waals surface area contributed by atoms with Crippen LogP contribution >= 0.6 is 27.4 Å². The van der Waals surface area contributed by atoms with Gasteiger partial charge in [0, 0.05) is 25.5 Å². The van der Waals surface area contributed by atoms with Gasteiger partial charge in [-0.15, -0.1) is 0 Å². The third-order valence-electron chi connectivity index (χ3n) is 5.12. The van der Waals surface area contributed by atoms with Gasteiger partial charge in [0.1, 0.15) is 30.8 Å². The fraction of sp³-hybridized carbons (Fsp3) is 0.389. The molecule has 3 heterocycles. The number of nitrogen functional groups attached to an aromatic ring is 1. The summed E-state index contributed by atoms with van der Waals surface area (Å²) in [6.45, 7) is -0.553. The van der Waals surface area contributed by atoms with Crippen molar-refractivity contribution in [2.45, 2.75) is 28.6 Å². The van der Waals surface area contributed by atoms with Crippen molar-refractivity contribution in [3.8, 4) is 0 Å². The van der Waals surface area contributed by atoms with Crippen LogP contribution in [0.5, 0.6) is 0 Å². The summed E-state index contributed by atoms with van der Waals surface area (Å²) < 4.78 is 52.2. The number of hydrogen-bond donors (Lipinski definition) is 3. The molecule has 1 fully saturated rings. The Hall–Kier alpha value is -1.90. The summed E-state index contributed by atoms with van der Waals surface area (Å²) in [4.78, 5) is 31.4. The van der Waals surface area contributed by atoms with Gasteiger partial charge in [-0.05, 0) is 12.1 Å². The van der Waals surface area contributed by atoms with Crippen molar-refractivity contribution in [3.63, 3.8) is 0 Å². The Labute approximate surface area is 204 Å². The third kappa shape index (κ3) is 5.75. The molecule has 0 saturated carbocycles. The van der Waals surface area contributed by atoms with E-state index >= 15 is 0 Å². The third-order valence-corrected chi connectivity index (χ3v) is 8.35. The zero-order chi connectivity index (χ0) is 25.3. The number of rotatable bonds is 10. The van der Waals surface area contributed by atoms with Gasteiger partial charge in [0.2, 0.25) is 0 Å². The number of thioether (sulfide) groups is 1. The second kappa shape index (κ2) is 10.2. The lowest BCUT2D eigenvalue weighted by molar-refractivity contribution is -0.0657. The molecule has 17 heteroatoms. The van der Waals surface area contributed by atoms with Crippen molar-refractivity contribution < 1.29 is 41.7 Å². The molecule has 190 valence electrons. The molecule has 14 nitrogen and oxygen atoms in total. The average Bonchev–Trinajstić information content (AvgIpc) is 3.41. The van der Waals surface area contributed by atoms with Gasteiger partial charge in [-0.2, -0.15) is 0 Å². The van der Waals surface area contributed by atoms with Crippen LogP contribution in [0.15, 0.2) is 47.9 Å². The van der Waals surface area contributed by atoms with Crippen LogP contribution in [0.1, 0.15) is 12.6 Å². The molecule has 1 saturated heterocycles. The van der Waals surface area contributed by atoms with Gasteiger partial charge in [-0.3, -0.25) is 22.7 Å². The van der Waals surface area contributed by atoms with Crippen LogP contribution in [0.3, 0.4) is 0 Å². The molecular formula is C18H23N5O9P2S. The summed E-state index contributed by atoms with van der Waals surface area (Å²) in [6.07, 6.45) is 0.678. The Morgan fingerprint density at radius 3 is 2.57 bits per heavy atom. The number of nitrogens with two attached hydrogens (primary N) is 1. The minimum absolute atomic E-state index is 0.00478. The highest BCUT2D eigenvalue weighted by atomic mass is 32.2. The number of phosphoric ester groups is 2. The Morgan fingerprint density at radius 2 is 1.89 bits per heavy atom. The first-order valence-corrected chi connectivity index (χ1v) is 13.8. The zero-order valence-corrected chi connectivity index (χ0v) is 21.1. The van der Waals surface area contributed by atoms with Crippen LogP contribution in [0.2, 0.25) is 0 Å². The SMILES string of the molecule is COP(=O)(O)OC[C@@]1(Sc2ccccc2)O[C@@H](n2cnc3c(N)ncnc32)C[C@@H]1OP(=O)(O)OC. The number of imidazole rings is 1. The predicted molar refractivity (Wildman–Crippen MR) is 124 cm³/mol. The Morgan fingerprint density at radius 1 is 1.17 bits per heavy atom. The van der Waals surface area contributed by atoms with Crippen molar-refractivity contribution in [2.75, 3.05) is 26.6 Å². The lowest BCUT2D eigenvalue weighted by Gasteiger charge is -2.34. The standard InChI is InChI=1S/C18H23N5O9P2S/c1-28-33(24,25)30-9-18(35-12-6-4-3-5-7-12)13(32-34(26,27)29-2)8-14(31-18)23-11-22-15-16(19)20-10-21-17(15)23/h3-7,10-11,13-14H,8-9H2,1-2H3,(H,24,25)(H,26,27)(H2,19,20,21)/t13-,14+,18-/m0/s1. The molecule has 2 aromatic heterocycles. The normalized spacial score (nSPS) is 25.9. The van der Waals surface area contributed by atoms with Crippen molar-refractivity contribution in [3.05, 3.63) is 43.0 Å². The quantitative estimate of drug-likeness (QED) is 0.314.